The molecule has 3 heteroatoms. The molecule has 0 saturated heterocycles. The topological polar surface area (TPSA) is 20.2 Å². The molecular weight excluding hydrogens is 222 g/mol. The fraction of sp³-hybridized carbons (Fsp3) is 0.143. The lowest BCUT2D eigenvalue weighted by molar-refractivity contribution is 0.173. The number of benzene rings is 2. The number of aliphatic hydroxyl groups is 1. The van der Waals surface area contributed by atoms with E-state index >= 15 is 0 Å². The molecule has 0 aliphatic heterocycles. The quantitative estimate of drug-likeness (QED) is 0.864. The maximum Gasteiger partial charge on any atom is 0.129 e. The standard InChI is InChI=1S/C14H12F2O/c15-11-6-7-13(16)12(9-11)14(17)8-10-4-2-1-3-5-10/h1-7,9,14,17H,8H2. The van der Waals surface area contributed by atoms with Crippen molar-refractivity contribution < 1.29 is 13.9 Å². The molecule has 0 amide bonds. The van der Waals surface area contributed by atoms with Crippen molar-refractivity contribution in [3.8, 4) is 0 Å². The summed E-state index contributed by atoms with van der Waals surface area (Å²) in [5.41, 5.74) is 0.873. The molecule has 88 valence electrons. The smallest absolute Gasteiger partial charge is 0.129 e. The summed E-state index contributed by atoms with van der Waals surface area (Å²) >= 11 is 0. The van der Waals surface area contributed by atoms with Crippen LogP contribution >= 0.6 is 0 Å². The van der Waals surface area contributed by atoms with Gasteiger partial charge in [0.1, 0.15) is 11.6 Å². The van der Waals surface area contributed by atoms with Crippen LogP contribution in [0.15, 0.2) is 48.5 Å². The lowest BCUT2D eigenvalue weighted by Gasteiger charge is -2.12. The molecule has 1 atom stereocenters. The minimum Gasteiger partial charge on any atom is -0.388 e. The summed E-state index contributed by atoms with van der Waals surface area (Å²) < 4.78 is 26.4. The van der Waals surface area contributed by atoms with E-state index in [1.54, 1.807) is 0 Å². The number of aliphatic hydroxyl groups excluding tert-OH is 1. The molecule has 0 aromatic heterocycles. The maximum absolute atomic E-state index is 13.4. The minimum absolute atomic E-state index is 0.00569. The number of halogens is 2. The van der Waals surface area contributed by atoms with Crippen LogP contribution in [0.1, 0.15) is 17.2 Å². The van der Waals surface area contributed by atoms with Gasteiger partial charge in [0, 0.05) is 12.0 Å². The third-order valence-electron chi connectivity index (χ3n) is 2.59. The van der Waals surface area contributed by atoms with Crippen molar-refractivity contribution in [3.63, 3.8) is 0 Å². The summed E-state index contributed by atoms with van der Waals surface area (Å²) in [6.45, 7) is 0. The van der Waals surface area contributed by atoms with Crippen LogP contribution in [0, 0.1) is 11.6 Å². The summed E-state index contributed by atoms with van der Waals surface area (Å²) in [5.74, 6) is -1.14. The Morgan fingerprint density at radius 3 is 2.41 bits per heavy atom. The molecule has 1 N–H and O–H groups in total. The zero-order valence-electron chi connectivity index (χ0n) is 9.11. The highest BCUT2D eigenvalue weighted by atomic mass is 19.1. The first kappa shape index (κ1) is 11.7. The highest BCUT2D eigenvalue weighted by Crippen LogP contribution is 2.21. The van der Waals surface area contributed by atoms with E-state index in [4.69, 9.17) is 0 Å². The molecule has 0 radical (unpaired) electrons. The average Bonchev–Trinajstić information content (AvgIpc) is 2.33. The van der Waals surface area contributed by atoms with Crippen molar-refractivity contribution >= 4 is 0 Å². The summed E-state index contributed by atoms with van der Waals surface area (Å²) in [7, 11) is 0. The van der Waals surface area contributed by atoms with Crippen LogP contribution in [0.2, 0.25) is 0 Å². The van der Waals surface area contributed by atoms with Crippen LogP contribution in [0.25, 0.3) is 0 Å². The van der Waals surface area contributed by atoms with Crippen LogP contribution in [0.3, 0.4) is 0 Å². The first-order chi connectivity index (χ1) is 8.16. The Hall–Kier alpha value is -1.74. The summed E-state index contributed by atoms with van der Waals surface area (Å²) in [6.07, 6.45) is -0.769. The van der Waals surface area contributed by atoms with E-state index in [-0.39, 0.29) is 12.0 Å². The highest BCUT2D eigenvalue weighted by Gasteiger charge is 2.14. The van der Waals surface area contributed by atoms with Crippen molar-refractivity contribution in [3.05, 3.63) is 71.3 Å². The van der Waals surface area contributed by atoms with Crippen LogP contribution in [-0.4, -0.2) is 5.11 Å². The first-order valence-corrected chi connectivity index (χ1v) is 5.34. The molecule has 0 aliphatic rings. The van der Waals surface area contributed by atoms with E-state index in [9.17, 15) is 13.9 Å². The molecule has 0 heterocycles. The Morgan fingerprint density at radius 2 is 1.71 bits per heavy atom. The Labute approximate surface area is 98.3 Å². The van der Waals surface area contributed by atoms with Crippen molar-refractivity contribution in [2.24, 2.45) is 0 Å². The average molecular weight is 234 g/mol. The molecule has 0 spiro atoms. The summed E-state index contributed by atoms with van der Waals surface area (Å²) in [4.78, 5) is 0. The van der Waals surface area contributed by atoms with Gasteiger partial charge >= 0.3 is 0 Å². The molecule has 2 aromatic carbocycles. The van der Waals surface area contributed by atoms with Gasteiger partial charge in [0.05, 0.1) is 6.10 Å². The van der Waals surface area contributed by atoms with Crippen molar-refractivity contribution in [2.45, 2.75) is 12.5 Å². The van der Waals surface area contributed by atoms with Gasteiger partial charge in [-0.1, -0.05) is 30.3 Å². The van der Waals surface area contributed by atoms with Crippen molar-refractivity contribution in [1.82, 2.24) is 0 Å². The lowest BCUT2D eigenvalue weighted by atomic mass is 10.0. The largest absolute Gasteiger partial charge is 0.388 e. The second kappa shape index (κ2) is 5.06. The fourth-order valence-corrected chi connectivity index (χ4v) is 1.72. The van der Waals surface area contributed by atoms with Gasteiger partial charge in [-0.05, 0) is 23.8 Å². The van der Waals surface area contributed by atoms with Gasteiger partial charge in [-0.25, -0.2) is 8.78 Å². The van der Waals surface area contributed by atoms with Gasteiger partial charge < -0.3 is 5.11 Å². The van der Waals surface area contributed by atoms with E-state index in [2.05, 4.69) is 0 Å². The van der Waals surface area contributed by atoms with E-state index in [1.165, 1.54) is 0 Å². The van der Waals surface area contributed by atoms with Gasteiger partial charge in [0.15, 0.2) is 0 Å². The zero-order chi connectivity index (χ0) is 12.3. The van der Waals surface area contributed by atoms with E-state index < -0.39 is 17.7 Å². The molecule has 1 nitrogen and oxygen atoms in total. The third kappa shape index (κ3) is 2.88. The molecule has 2 aromatic rings. The van der Waals surface area contributed by atoms with Gasteiger partial charge in [-0.3, -0.25) is 0 Å². The third-order valence-corrected chi connectivity index (χ3v) is 2.59. The molecule has 0 aliphatic carbocycles. The molecule has 0 saturated carbocycles. The van der Waals surface area contributed by atoms with E-state index in [0.29, 0.717) is 0 Å². The van der Waals surface area contributed by atoms with Gasteiger partial charge in [-0.15, -0.1) is 0 Å². The monoisotopic (exact) mass is 234 g/mol. The Kier molecular flexibility index (Phi) is 3.49. The molecular formula is C14H12F2O. The van der Waals surface area contributed by atoms with Crippen LogP contribution in [0.5, 0.6) is 0 Å². The maximum atomic E-state index is 13.4. The van der Waals surface area contributed by atoms with Crippen molar-refractivity contribution in [2.75, 3.05) is 0 Å². The Balaban J connectivity index is 2.20. The molecule has 17 heavy (non-hydrogen) atoms. The highest BCUT2D eigenvalue weighted by molar-refractivity contribution is 5.24. The SMILES string of the molecule is OC(Cc1ccccc1)c1cc(F)ccc1F. The summed E-state index contributed by atoms with van der Waals surface area (Å²) in [6, 6.07) is 12.3. The van der Waals surface area contributed by atoms with Gasteiger partial charge in [-0.2, -0.15) is 0 Å². The normalized spacial score (nSPS) is 12.4. The lowest BCUT2D eigenvalue weighted by Crippen LogP contribution is -2.04. The van der Waals surface area contributed by atoms with E-state index in [1.807, 2.05) is 30.3 Å². The molecule has 2 rings (SSSR count). The van der Waals surface area contributed by atoms with Crippen LogP contribution < -0.4 is 0 Å². The predicted octanol–water partition coefficient (Wildman–Crippen LogP) is 3.24. The number of hydrogen-bond donors (Lipinski definition) is 1. The Bertz CT molecular complexity index is 497. The minimum atomic E-state index is -1.03. The predicted molar refractivity (Wildman–Crippen MR) is 61.5 cm³/mol. The molecule has 0 fully saturated rings. The Morgan fingerprint density at radius 1 is 1.00 bits per heavy atom. The number of rotatable bonds is 3. The molecule has 0 bridgehead atoms. The second-order valence-electron chi connectivity index (χ2n) is 3.87. The zero-order valence-corrected chi connectivity index (χ0v) is 9.11. The van der Waals surface area contributed by atoms with Gasteiger partial charge in [0.2, 0.25) is 0 Å². The van der Waals surface area contributed by atoms with Crippen LogP contribution in [-0.2, 0) is 6.42 Å². The van der Waals surface area contributed by atoms with Gasteiger partial charge in [0.25, 0.3) is 0 Å². The van der Waals surface area contributed by atoms with E-state index in [0.717, 1.165) is 23.8 Å². The number of hydrogen-bond acceptors (Lipinski definition) is 1. The van der Waals surface area contributed by atoms with Crippen molar-refractivity contribution in [1.29, 1.82) is 0 Å². The molecule has 1 unspecified atom stereocenters. The fourth-order valence-electron chi connectivity index (χ4n) is 1.72. The second-order valence-corrected chi connectivity index (χ2v) is 3.87. The van der Waals surface area contributed by atoms with Crippen LogP contribution in [0.4, 0.5) is 8.78 Å². The first-order valence-electron chi connectivity index (χ1n) is 5.34. The summed E-state index contributed by atoms with van der Waals surface area (Å²) in [5, 5.41) is 9.87.